The van der Waals surface area contributed by atoms with E-state index in [1.807, 2.05) is 0 Å². The first-order valence-electron chi connectivity index (χ1n) is 5.03. The maximum atomic E-state index is 11.6. The van der Waals surface area contributed by atoms with E-state index in [-0.39, 0.29) is 4.90 Å². The third-order valence-corrected chi connectivity index (χ3v) is 5.28. The van der Waals surface area contributed by atoms with Crippen LogP contribution in [-0.4, -0.2) is 13.4 Å². The van der Waals surface area contributed by atoms with Crippen LogP contribution in [0, 0.1) is 0 Å². The molecule has 0 bridgehead atoms. The Morgan fingerprint density at radius 2 is 2.21 bits per heavy atom. The molecule has 0 spiro atoms. The molecule has 1 heterocycles. The Morgan fingerprint density at radius 1 is 1.47 bits per heavy atom. The van der Waals surface area contributed by atoms with E-state index in [0.717, 1.165) is 4.88 Å². The summed E-state index contributed by atoms with van der Waals surface area (Å²) in [7, 11) is -3.81. The molecule has 1 aromatic heterocycles. The van der Waals surface area contributed by atoms with E-state index < -0.39 is 10.0 Å². The van der Waals surface area contributed by atoms with Crippen molar-refractivity contribution in [3.8, 4) is 0 Å². The fourth-order valence-electron chi connectivity index (χ4n) is 1.48. The quantitative estimate of drug-likeness (QED) is 0.851. The monoisotopic (exact) mass is 381 g/mol. The lowest BCUT2D eigenvalue weighted by atomic mass is 10.3. The number of nitrogens with zero attached hydrogens (tertiary/aromatic N) is 1. The van der Waals surface area contributed by atoms with Gasteiger partial charge in [0.25, 0.3) is 0 Å². The number of rotatable bonds is 4. The second-order valence-electron chi connectivity index (χ2n) is 3.59. The van der Waals surface area contributed by atoms with E-state index in [9.17, 15) is 8.42 Å². The second kappa shape index (κ2) is 5.76. The smallest absolute Gasteiger partial charge is 0.241 e. The molecule has 0 aliphatic heterocycles. The van der Waals surface area contributed by atoms with Crippen LogP contribution >= 0.6 is 38.9 Å². The van der Waals surface area contributed by atoms with Crippen molar-refractivity contribution < 1.29 is 8.42 Å². The number of thiazole rings is 1. The number of aromatic nitrogens is 1. The minimum atomic E-state index is -3.81. The fraction of sp³-hybridized carbons (Fsp3) is 0.100. The molecule has 2 aromatic rings. The molecule has 0 amide bonds. The Bertz CT molecular complexity index is 703. The van der Waals surface area contributed by atoms with Gasteiger partial charge in [0.15, 0.2) is 4.47 Å². The zero-order valence-electron chi connectivity index (χ0n) is 9.43. The number of hydrogen-bond acceptors (Lipinski definition) is 5. The van der Waals surface area contributed by atoms with Crippen molar-refractivity contribution in [3.63, 3.8) is 0 Å². The number of primary sulfonamides is 1. The first kappa shape index (κ1) is 14.7. The van der Waals surface area contributed by atoms with Gasteiger partial charge in [-0.1, -0.05) is 17.7 Å². The van der Waals surface area contributed by atoms with Crippen LogP contribution in [0.15, 0.2) is 33.8 Å². The van der Waals surface area contributed by atoms with Gasteiger partial charge >= 0.3 is 0 Å². The van der Waals surface area contributed by atoms with Crippen molar-refractivity contribution >= 4 is 54.6 Å². The van der Waals surface area contributed by atoms with Gasteiger partial charge in [0.2, 0.25) is 10.0 Å². The molecule has 0 saturated carbocycles. The number of sulfonamides is 1. The molecule has 0 atom stereocenters. The third kappa shape index (κ3) is 3.67. The Labute approximate surface area is 128 Å². The zero-order chi connectivity index (χ0) is 14.0. The second-order valence-corrected chi connectivity index (χ2v) is 7.64. The van der Waals surface area contributed by atoms with E-state index in [4.69, 9.17) is 16.7 Å². The molecular weight excluding hydrogens is 374 g/mol. The summed E-state index contributed by atoms with van der Waals surface area (Å²) in [6, 6.07) is 4.99. The largest absolute Gasteiger partial charge is 0.379 e. The maximum absolute atomic E-state index is 11.6. The summed E-state index contributed by atoms with van der Waals surface area (Å²) in [5.74, 6) is 0. The Balaban J connectivity index is 2.28. The summed E-state index contributed by atoms with van der Waals surface area (Å²) in [4.78, 5) is 4.84. The molecular formula is C10H9BrClN3O2S2. The van der Waals surface area contributed by atoms with E-state index in [1.165, 1.54) is 11.3 Å². The summed E-state index contributed by atoms with van der Waals surface area (Å²) in [6.45, 7) is 0.420. The van der Waals surface area contributed by atoms with Crippen LogP contribution in [0.2, 0.25) is 4.47 Å². The van der Waals surface area contributed by atoms with Gasteiger partial charge in [-0.3, -0.25) is 0 Å². The highest BCUT2D eigenvalue weighted by atomic mass is 79.9. The van der Waals surface area contributed by atoms with Gasteiger partial charge in [0, 0.05) is 15.5 Å². The average Bonchev–Trinajstić information content (AvgIpc) is 2.70. The normalized spacial score (nSPS) is 11.5. The average molecular weight is 383 g/mol. The highest BCUT2D eigenvalue weighted by Gasteiger charge is 2.17. The Kier molecular flexibility index (Phi) is 4.46. The zero-order valence-corrected chi connectivity index (χ0v) is 13.4. The maximum Gasteiger partial charge on any atom is 0.241 e. The minimum Gasteiger partial charge on any atom is -0.379 e. The lowest BCUT2D eigenvalue weighted by Gasteiger charge is -2.11. The van der Waals surface area contributed by atoms with Crippen LogP contribution in [0.1, 0.15) is 4.88 Å². The van der Waals surface area contributed by atoms with Gasteiger partial charge in [-0.25, -0.2) is 18.5 Å². The van der Waals surface area contributed by atoms with Crippen LogP contribution in [-0.2, 0) is 16.6 Å². The summed E-state index contributed by atoms with van der Waals surface area (Å²) in [5, 5.41) is 8.22. The van der Waals surface area contributed by atoms with Crippen LogP contribution in [0.25, 0.3) is 0 Å². The topological polar surface area (TPSA) is 85.1 Å². The SMILES string of the molecule is NS(=O)(=O)c1c(Br)cccc1NCc1cnc(Cl)s1. The van der Waals surface area contributed by atoms with E-state index >= 15 is 0 Å². The Hall–Kier alpha value is -0.670. The predicted molar refractivity (Wildman–Crippen MR) is 80.0 cm³/mol. The van der Waals surface area contributed by atoms with Crippen LogP contribution in [0.3, 0.4) is 0 Å². The molecule has 0 radical (unpaired) electrons. The van der Waals surface area contributed by atoms with Gasteiger partial charge in [-0.2, -0.15) is 0 Å². The predicted octanol–water partition coefficient (Wildman–Crippen LogP) is 2.82. The number of benzene rings is 1. The van der Waals surface area contributed by atoms with Gasteiger partial charge in [0.05, 0.1) is 12.2 Å². The summed E-state index contributed by atoms with van der Waals surface area (Å²) >= 11 is 10.2. The molecule has 5 nitrogen and oxygen atoms in total. The van der Waals surface area contributed by atoms with E-state index in [0.29, 0.717) is 21.2 Å². The fourth-order valence-corrected chi connectivity index (χ4v) is 4.23. The number of anilines is 1. The van der Waals surface area contributed by atoms with E-state index in [1.54, 1.807) is 24.4 Å². The number of nitrogens with two attached hydrogens (primary N) is 1. The van der Waals surface area contributed by atoms with Gasteiger partial charge in [-0.15, -0.1) is 11.3 Å². The lowest BCUT2D eigenvalue weighted by Crippen LogP contribution is -2.15. The van der Waals surface area contributed by atoms with Crippen LogP contribution < -0.4 is 10.5 Å². The number of hydrogen-bond donors (Lipinski definition) is 2. The van der Waals surface area contributed by atoms with Crippen LogP contribution in [0.4, 0.5) is 5.69 Å². The molecule has 0 aliphatic carbocycles. The lowest BCUT2D eigenvalue weighted by molar-refractivity contribution is 0.597. The van der Waals surface area contributed by atoms with Crippen molar-refractivity contribution in [3.05, 3.63) is 38.2 Å². The highest BCUT2D eigenvalue weighted by molar-refractivity contribution is 9.10. The van der Waals surface area contributed by atoms with Crippen molar-refractivity contribution in [2.45, 2.75) is 11.4 Å². The summed E-state index contributed by atoms with van der Waals surface area (Å²) < 4.78 is 24.0. The molecule has 2 rings (SSSR count). The molecule has 102 valence electrons. The van der Waals surface area contributed by atoms with Gasteiger partial charge < -0.3 is 5.32 Å². The highest BCUT2D eigenvalue weighted by Crippen LogP contribution is 2.29. The molecule has 9 heteroatoms. The molecule has 1 aromatic carbocycles. The summed E-state index contributed by atoms with van der Waals surface area (Å²) in [6.07, 6.45) is 1.63. The van der Waals surface area contributed by atoms with Gasteiger partial charge in [0.1, 0.15) is 4.90 Å². The molecule has 0 unspecified atom stereocenters. The molecule has 3 N–H and O–H groups in total. The Morgan fingerprint density at radius 3 is 2.79 bits per heavy atom. The van der Waals surface area contributed by atoms with Crippen molar-refractivity contribution in [1.82, 2.24) is 4.98 Å². The van der Waals surface area contributed by atoms with Crippen molar-refractivity contribution in [1.29, 1.82) is 0 Å². The van der Waals surface area contributed by atoms with Crippen LogP contribution in [0.5, 0.6) is 0 Å². The van der Waals surface area contributed by atoms with Crippen molar-refractivity contribution in [2.75, 3.05) is 5.32 Å². The standard InChI is InChI=1S/C10H9BrClN3O2S2/c11-7-2-1-3-8(9(7)19(13,16)17)14-4-6-5-15-10(12)18-6/h1-3,5,14H,4H2,(H2,13,16,17). The number of halogens is 2. The molecule has 0 aliphatic rings. The minimum absolute atomic E-state index is 0.0330. The molecule has 19 heavy (non-hydrogen) atoms. The van der Waals surface area contributed by atoms with E-state index in [2.05, 4.69) is 26.2 Å². The molecule has 0 saturated heterocycles. The molecule has 0 fully saturated rings. The number of nitrogens with one attached hydrogen (secondary N) is 1. The summed E-state index contributed by atoms with van der Waals surface area (Å²) in [5.41, 5.74) is 0.432. The first-order chi connectivity index (χ1) is 8.88. The third-order valence-electron chi connectivity index (χ3n) is 2.23. The van der Waals surface area contributed by atoms with Gasteiger partial charge in [-0.05, 0) is 28.1 Å². The first-order valence-corrected chi connectivity index (χ1v) is 8.56. The van der Waals surface area contributed by atoms with Crippen molar-refractivity contribution in [2.24, 2.45) is 5.14 Å².